The standard InChI is InChI=1S/C23H29N3O4S2/c1-2-25-12-9-18-15-21(7-8-22(18)25)32(28,29)26-11-3-5-19(16-26)23(27)24-10-14-31-17-20-6-4-13-30-20/h4,6-9,12-13,15,19H,2-3,5,10-11,14,16-17H2,1H3,(H,24,27)/t19-/m0/s1. The number of nitrogens with zero attached hydrogens (tertiary/aromatic N) is 2. The van der Waals surface area contributed by atoms with E-state index in [1.807, 2.05) is 30.5 Å². The Morgan fingerprint density at radius 1 is 1.28 bits per heavy atom. The number of fused-ring (bicyclic) bond motifs is 1. The van der Waals surface area contributed by atoms with Crippen LogP contribution in [0.1, 0.15) is 25.5 Å². The number of hydrogen-bond acceptors (Lipinski definition) is 5. The summed E-state index contributed by atoms with van der Waals surface area (Å²) >= 11 is 1.69. The molecule has 0 radical (unpaired) electrons. The molecule has 0 bridgehead atoms. The van der Waals surface area contributed by atoms with Gasteiger partial charge in [-0.2, -0.15) is 16.1 Å². The van der Waals surface area contributed by atoms with E-state index in [-0.39, 0.29) is 23.3 Å². The van der Waals surface area contributed by atoms with Crippen molar-refractivity contribution in [2.24, 2.45) is 5.92 Å². The van der Waals surface area contributed by atoms with E-state index >= 15 is 0 Å². The molecule has 4 rings (SSSR count). The number of carbonyl (C=O) groups is 1. The fourth-order valence-electron chi connectivity index (χ4n) is 4.10. The number of carbonyl (C=O) groups excluding carboxylic acids is 1. The van der Waals surface area contributed by atoms with Crippen LogP contribution in [0.3, 0.4) is 0 Å². The summed E-state index contributed by atoms with van der Waals surface area (Å²) in [5.74, 6) is 2.07. The minimum atomic E-state index is -3.64. The van der Waals surface area contributed by atoms with Gasteiger partial charge in [-0.25, -0.2) is 8.42 Å². The van der Waals surface area contributed by atoms with E-state index in [2.05, 4.69) is 16.8 Å². The molecule has 3 aromatic rings. The van der Waals surface area contributed by atoms with Crippen LogP contribution in [0.2, 0.25) is 0 Å². The average Bonchev–Trinajstić information content (AvgIpc) is 3.48. The number of piperidine rings is 1. The lowest BCUT2D eigenvalue weighted by Gasteiger charge is -2.31. The van der Waals surface area contributed by atoms with Crippen LogP contribution in [0.5, 0.6) is 0 Å². The summed E-state index contributed by atoms with van der Waals surface area (Å²) in [5.41, 5.74) is 1.02. The molecule has 0 unspecified atom stereocenters. The van der Waals surface area contributed by atoms with Gasteiger partial charge in [0.15, 0.2) is 0 Å². The molecule has 1 fully saturated rings. The van der Waals surface area contributed by atoms with E-state index in [9.17, 15) is 13.2 Å². The molecule has 1 aliphatic heterocycles. The number of nitrogens with one attached hydrogen (secondary N) is 1. The number of benzene rings is 1. The maximum atomic E-state index is 13.3. The maximum Gasteiger partial charge on any atom is 0.243 e. The van der Waals surface area contributed by atoms with Crippen LogP contribution in [0.15, 0.2) is 58.2 Å². The Labute approximate surface area is 193 Å². The van der Waals surface area contributed by atoms with Gasteiger partial charge in [-0.15, -0.1) is 0 Å². The van der Waals surface area contributed by atoms with E-state index in [4.69, 9.17) is 4.42 Å². The zero-order valence-electron chi connectivity index (χ0n) is 18.2. The van der Waals surface area contributed by atoms with Crippen LogP contribution in [0.4, 0.5) is 0 Å². The molecule has 9 heteroatoms. The third-order valence-corrected chi connectivity index (χ3v) is 8.69. The molecule has 3 heterocycles. The highest BCUT2D eigenvalue weighted by molar-refractivity contribution is 7.98. The summed E-state index contributed by atoms with van der Waals surface area (Å²) in [6.07, 6.45) is 5.00. The molecule has 1 aromatic carbocycles. The Kier molecular flexibility index (Phi) is 7.27. The summed E-state index contributed by atoms with van der Waals surface area (Å²) in [6, 6.07) is 11.0. The number of aromatic nitrogens is 1. The molecular formula is C23H29N3O4S2. The molecule has 0 saturated carbocycles. The number of sulfonamides is 1. The molecule has 0 spiro atoms. The quantitative estimate of drug-likeness (QED) is 0.477. The topological polar surface area (TPSA) is 84.5 Å². The third kappa shape index (κ3) is 5.05. The van der Waals surface area contributed by atoms with Crippen LogP contribution >= 0.6 is 11.8 Å². The van der Waals surface area contributed by atoms with Gasteiger partial charge >= 0.3 is 0 Å². The van der Waals surface area contributed by atoms with Crippen molar-refractivity contribution in [3.8, 4) is 0 Å². The number of thioether (sulfide) groups is 1. The molecule has 0 aliphatic carbocycles. The first-order valence-corrected chi connectivity index (χ1v) is 13.6. The Balaban J connectivity index is 1.33. The van der Waals surface area contributed by atoms with Crippen LogP contribution in [0, 0.1) is 5.92 Å². The Morgan fingerprint density at radius 3 is 2.94 bits per heavy atom. The highest BCUT2D eigenvalue weighted by Crippen LogP contribution is 2.27. The molecule has 7 nitrogen and oxygen atoms in total. The summed E-state index contributed by atoms with van der Waals surface area (Å²) in [5, 5.41) is 3.87. The van der Waals surface area contributed by atoms with Crippen LogP contribution in [-0.4, -0.2) is 48.6 Å². The van der Waals surface area contributed by atoms with Gasteiger partial charge in [0, 0.05) is 49.0 Å². The van der Waals surface area contributed by atoms with Crippen molar-refractivity contribution in [1.29, 1.82) is 0 Å². The largest absolute Gasteiger partial charge is 0.468 e. The Morgan fingerprint density at radius 2 is 2.16 bits per heavy atom. The molecule has 1 saturated heterocycles. The zero-order chi connectivity index (χ0) is 22.6. The van der Waals surface area contributed by atoms with Gasteiger partial charge in [0.05, 0.1) is 22.8 Å². The van der Waals surface area contributed by atoms with Gasteiger partial charge in [-0.1, -0.05) is 0 Å². The minimum Gasteiger partial charge on any atom is -0.468 e. The van der Waals surface area contributed by atoms with Crippen LogP contribution < -0.4 is 5.32 Å². The lowest BCUT2D eigenvalue weighted by Crippen LogP contribution is -2.45. The summed E-state index contributed by atoms with van der Waals surface area (Å²) in [4.78, 5) is 12.9. The van der Waals surface area contributed by atoms with Crippen molar-refractivity contribution < 1.29 is 17.6 Å². The smallest absolute Gasteiger partial charge is 0.243 e. The highest BCUT2D eigenvalue weighted by atomic mass is 32.2. The van der Waals surface area contributed by atoms with Crippen molar-refractivity contribution in [3.63, 3.8) is 0 Å². The normalized spacial score (nSPS) is 17.6. The first kappa shape index (κ1) is 22.9. The number of rotatable bonds is 9. The Hall–Kier alpha value is -2.23. The zero-order valence-corrected chi connectivity index (χ0v) is 19.8. The Bertz CT molecular complexity index is 1160. The van der Waals surface area contributed by atoms with Gasteiger partial charge < -0.3 is 14.3 Å². The van der Waals surface area contributed by atoms with Gasteiger partial charge in [0.25, 0.3) is 0 Å². The first-order chi connectivity index (χ1) is 15.5. The van der Waals surface area contributed by atoms with E-state index < -0.39 is 10.0 Å². The fourth-order valence-corrected chi connectivity index (χ4v) is 6.41. The second-order valence-electron chi connectivity index (χ2n) is 7.95. The average molecular weight is 476 g/mol. The van der Waals surface area contributed by atoms with Gasteiger partial charge in [0.1, 0.15) is 5.76 Å². The van der Waals surface area contributed by atoms with Gasteiger partial charge in [0.2, 0.25) is 15.9 Å². The predicted molar refractivity (Wildman–Crippen MR) is 127 cm³/mol. The summed E-state index contributed by atoms with van der Waals surface area (Å²) in [6.45, 7) is 4.11. The molecule has 1 atom stereocenters. The van der Waals surface area contributed by atoms with E-state index in [1.54, 1.807) is 30.2 Å². The molecular weight excluding hydrogens is 446 g/mol. The van der Waals surface area contributed by atoms with Crippen molar-refractivity contribution >= 4 is 38.6 Å². The second-order valence-corrected chi connectivity index (χ2v) is 11.0. The SMILES string of the molecule is CCn1ccc2cc(S(=O)(=O)N3CCC[C@H](C(=O)NCCSCc4ccco4)C3)ccc21. The van der Waals surface area contributed by atoms with Crippen molar-refractivity contribution in [2.45, 2.75) is 37.0 Å². The van der Waals surface area contributed by atoms with Crippen LogP contribution in [-0.2, 0) is 27.1 Å². The molecule has 2 aromatic heterocycles. The van der Waals surface area contributed by atoms with Crippen molar-refractivity contribution in [3.05, 3.63) is 54.6 Å². The lowest BCUT2D eigenvalue weighted by atomic mass is 9.99. The van der Waals surface area contributed by atoms with Crippen molar-refractivity contribution in [1.82, 2.24) is 14.2 Å². The molecule has 1 amide bonds. The lowest BCUT2D eigenvalue weighted by molar-refractivity contribution is -0.125. The van der Waals surface area contributed by atoms with E-state index in [1.165, 1.54) is 4.31 Å². The molecule has 1 aliphatic rings. The fraction of sp³-hybridized carbons (Fsp3) is 0.435. The molecule has 1 N–H and O–H groups in total. The number of hydrogen-bond donors (Lipinski definition) is 1. The summed E-state index contributed by atoms with van der Waals surface area (Å²) in [7, 11) is -3.64. The van der Waals surface area contributed by atoms with E-state index in [0.29, 0.717) is 25.9 Å². The first-order valence-electron chi connectivity index (χ1n) is 11.0. The summed E-state index contributed by atoms with van der Waals surface area (Å²) < 4.78 is 35.4. The number of furan rings is 1. The number of amides is 1. The van der Waals surface area contributed by atoms with Crippen molar-refractivity contribution in [2.75, 3.05) is 25.4 Å². The minimum absolute atomic E-state index is 0.0704. The second kappa shape index (κ2) is 10.1. The highest BCUT2D eigenvalue weighted by Gasteiger charge is 2.33. The van der Waals surface area contributed by atoms with Crippen LogP contribution in [0.25, 0.3) is 10.9 Å². The third-order valence-electron chi connectivity index (χ3n) is 5.85. The maximum absolute atomic E-state index is 13.3. The number of aryl methyl sites for hydroxylation is 1. The molecule has 172 valence electrons. The molecule has 32 heavy (non-hydrogen) atoms. The van der Waals surface area contributed by atoms with Gasteiger partial charge in [-0.05, 0) is 56.2 Å². The predicted octanol–water partition coefficient (Wildman–Crippen LogP) is 3.70. The monoisotopic (exact) mass is 475 g/mol. The van der Waals surface area contributed by atoms with E-state index in [0.717, 1.165) is 34.7 Å². The van der Waals surface area contributed by atoms with Gasteiger partial charge in [-0.3, -0.25) is 4.79 Å².